The van der Waals surface area contributed by atoms with Gasteiger partial charge in [0.25, 0.3) is 0 Å². The third-order valence-corrected chi connectivity index (χ3v) is 4.08. The average molecular weight is 318 g/mol. The van der Waals surface area contributed by atoms with Crippen molar-refractivity contribution in [3.63, 3.8) is 0 Å². The minimum absolute atomic E-state index is 0.0267. The third kappa shape index (κ3) is 3.14. The van der Waals surface area contributed by atoms with Crippen molar-refractivity contribution in [3.05, 3.63) is 36.3 Å². The van der Waals surface area contributed by atoms with Gasteiger partial charge in [-0.3, -0.25) is 4.79 Å². The molecule has 1 aliphatic heterocycles. The van der Waals surface area contributed by atoms with E-state index in [1.165, 1.54) is 0 Å². The summed E-state index contributed by atoms with van der Waals surface area (Å²) < 4.78 is 13.2. The average Bonchev–Trinajstić information content (AvgIpc) is 3.24. The molecule has 0 spiro atoms. The van der Waals surface area contributed by atoms with E-state index in [1.807, 2.05) is 49.9 Å². The van der Waals surface area contributed by atoms with Crippen molar-refractivity contribution in [1.82, 2.24) is 19.7 Å². The molecule has 2 atom stereocenters. The van der Waals surface area contributed by atoms with Gasteiger partial charge in [-0.15, -0.1) is 10.2 Å². The number of amides is 1. The summed E-state index contributed by atoms with van der Waals surface area (Å²) in [6.07, 6.45) is 3.78. The largest absolute Gasteiger partial charge is 0.423 e. The fraction of sp³-hybridized carbons (Fsp3) is 0.562. The Kier molecular flexibility index (Phi) is 4.47. The van der Waals surface area contributed by atoms with Crippen LogP contribution in [0.25, 0.3) is 0 Å². The lowest BCUT2D eigenvalue weighted by molar-refractivity contribution is -0.144. The molecular weight excluding hydrogens is 296 g/mol. The molecule has 0 bridgehead atoms. The number of ether oxygens (including phenoxy) is 1. The molecule has 0 N–H and O–H groups in total. The maximum absolute atomic E-state index is 12.9. The van der Waals surface area contributed by atoms with Gasteiger partial charge in [0.05, 0.1) is 13.2 Å². The summed E-state index contributed by atoms with van der Waals surface area (Å²) in [5.74, 6) is 1.21. The molecule has 7 nitrogen and oxygen atoms in total. The van der Waals surface area contributed by atoms with E-state index in [1.54, 1.807) is 4.90 Å². The molecule has 0 unspecified atom stereocenters. The Bertz CT molecular complexity index is 650. The number of morpholine rings is 1. The van der Waals surface area contributed by atoms with Crippen LogP contribution in [-0.2, 0) is 9.53 Å². The predicted octanol–water partition coefficient (Wildman–Crippen LogP) is 2.16. The second kappa shape index (κ2) is 6.54. The molecule has 3 rings (SSSR count). The van der Waals surface area contributed by atoms with E-state index in [9.17, 15) is 4.79 Å². The van der Waals surface area contributed by atoms with Crippen LogP contribution in [0.1, 0.15) is 50.6 Å². The van der Waals surface area contributed by atoms with Crippen LogP contribution in [0, 0.1) is 0 Å². The number of carbonyl (C=O) groups is 1. The molecule has 0 saturated carbocycles. The summed E-state index contributed by atoms with van der Waals surface area (Å²) in [6.45, 7) is 7.30. The van der Waals surface area contributed by atoms with Crippen LogP contribution in [0.4, 0.5) is 0 Å². The summed E-state index contributed by atoms with van der Waals surface area (Å²) in [7, 11) is 0. The normalized spacial score (nSPS) is 20.0. The van der Waals surface area contributed by atoms with E-state index < -0.39 is 0 Å². The minimum Gasteiger partial charge on any atom is -0.423 e. The maximum Gasteiger partial charge on any atom is 0.246 e. The maximum atomic E-state index is 12.9. The van der Waals surface area contributed by atoms with Crippen LogP contribution in [0.2, 0.25) is 0 Å². The summed E-state index contributed by atoms with van der Waals surface area (Å²) in [6, 6.07) is 3.22. The van der Waals surface area contributed by atoms with Crippen molar-refractivity contribution >= 4 is 5.91 Å². The lowest BCUT2D eigenvalue weighted by Crippen LogP contribution is -2.46. The second-order valence-electron chi connectivity index (χ2n) is 6.06. The van der Waals surface area contributed by atoms with Gasteiger partial charge in [0.2, 0.25) is 17.7 Å². The molecule has 1 aliphatic rings. The molecule has 3 heterocycles. The topological polar surface area (TPSA) is 73.4 Å². The van der Waals surface area contributed by atoms with Crippen LogP contribution in [0.15, 0.2) is 28.9 Å². The first-order chi connectivity index (χ1) is 11.1. The molecule has 0 radical (unpaired) electrons. The van der Waals surface area contributed by atoms with Gasteiger partial charge >= 0.3 is 0 Å². The predicted molar refractivity (Wildman–Crippen MR) is 82.8 cm³/mol. The van der Waals surface area contributed by atoms with Gasteiger partial charge in [0.15, 0.2) is 0 Å². The highest BCUT2D eigenvalue weighted by Gasteiger charge is 2.35. The van der Waals surface area contributed by atoms with Crippen molar-refractivity contribution in [3.8, 4) is 0 Å². The molecule has 0 aliphatic carbocycles. The Morgan fingerprint density at radius 1 is 1.26 bits per heavy atom. The van der Waals surface area contributed by atoms with Gasteiger partial charge in [0.1, 0.15) is 12.1 Å². The Morgan fingerprint density at radius 3 is 2.65 bits per heavy atom. The summed E-state index contributed by atoms with van der Waals surface area (Å²) in [5.41, 5.74) is 0. The van der Waals surface area contributed by atoms with Gasteiger partial charge in [-0.2, -0.15) is 0 Å². The number of aromatic nitrogens is 3. The van der Waals surface area contributed by atoms with Crippen molar-refractivity contribution in [2.45, 2.75) is 38.8 Å². The Hall–Kier alpha value is -2.15. The van der Waals surface area contributed by atoms with E-state index in [2.05, 4.69) is 10.2 Å². The molecule has 2 aromatic rings. The molecule has 2 aromatic heterocycles. The second-order valence-corrected chi connectivity index (χ2v) is 6.06. The Labute approximate surface area is 135 Å². The van der Waals surface area contributed by atoms with Crippen molar-refractivity contribution in [1.29, 1.82) is 0 Å². The summed E-state index contributed by atoms with van der Waals surface area (Å²) in [5, 5.41) is 8.18. The lowest BCUT2D eigenvalue weighted by atomic mass is 10.1. The zero-order chi connectivity index (χ0) is 16.4. The smallest absolute Gasteiger partial charge is 0.246 e. The van der Waals surface area contributed by atoms with Gasteiger partial charge in [-0.25, -0.2) is 0 Å². The monoisotopic (exact) mass is 318 g/mol. The molecule has 1 fully saturated rings. The van der Waals surface area contributed by atoms with Crippen LogP contribution in [-0.4, -0.2) is 45.3 Å². The van der Waals surface area contributed by atoms with Crippen LogP contribution in [0.5, 0.6) is 0 Å². The fourth-order valence-corrected chi connectivity index (χ4v) is 2.66. The summed E-state index contributed by atoms with van der Waals surface area (Å²) in [4.78, 5) is 14.7. The first-order valence-corrected chi connectivity index (χ1v) is 7.92. The first kappa shape index (κ1) is 15.7. The Morgan fingerprint density at radius 2 is 2.00 bits per heavy atom. The highest BCUT2D eigenvalue weighted by molar-refractivity contribution is 5.80. The molecule has 124 valence electrons. The first-order valence-electron chi connectivity index (χ1n) is 7.92. The highest BCUT2D eigenvalue weighted by atomic mass is 16.5. The van der Waals surface area contributed by atoms with Gasteiger partial charge < -0.3 is 18.6 Å². The fourth-order valence-electron chi connectivity index (χ4n) is 2.66. The number of nitrogens with zero attached hydrogens (tertiary/aromatic N) is 4. The lowest BCUT2D eigenvalue weighted by Gasteiger charge is -2.35. The summed E-state index contributed by atoms with van der Waals surface area (Å²) >= 11 is 0. The van der Waals surface area contributed by atoms with E-state index >= 15 is 0 Å². The highest BCUT2D eigenvalue weighted by Crippen LogP contribution is 2.27. The number of hydrogen-bond donors (Lipinski definition) is 0. The number of hydrogen-bond acceptors (Lipinski definition) is 5. The Balaban J connectivity index is 1.81. The molecule has 0 aromatic carbocycles. The zero-order valence-electron chi connectivity index (χ0n) is 13.7. The van der Waals surface area contributed by atoms with Gasteiger partial charge in [-0.1, -0.05) is 13.8 Å². The van der Waals surface area contributed by atoms with Gasteiger partial charge in [-0.05, 0) is 19.1 Å². The van der Waals surface area contributed by atoms with Crippen molar-refractivity contribution in [2.24, 2.45) is 0 Å². The van der Waals surface area contributed by atoms with E-state index in [-0.39, 0.29) is 23.9 Å². The van der Waals surface area contributed by atoms with Crippen LogP contribution < -0.4 is 0 Å². The molecule has 1 amide bonds. The third-order valence-electron chi connectivity index (χ3n) is 4.08. The SMILES string of the molecule is CC(C)c1nnc([C@@H]2COCCN2C(=O)[C@H](C)n2cccc2)o1. The van der Waals surface area contributed by atoms with E-state index in [4.69, 9.17) is 9.15 Å². The van der Waals surface area contributed by atoms with Crippen molar-refractivity contribution < 1.29 is 13.9 Å². The molecule has 23 heavy (non-hydrogen) atoms. The van der Waals surface area contributed by atoms with Crippen LogP contribution >= 0.6 is 0 Å². The van der Waals surface area contributed by atoms with Crippen molar-refractivity contribution in [2.75, 3.05) is 19.8 Å². The minimum atomic E-state index is -0.325. The van der Waals surface area contributed by atoms with Crippen LogP contribution in [0.3, 0.4) is 0 Å². The molecule has 7 heteroatoms. The quantitative estimate of drug-likeness (QED) is 0.863. The van der Waals surface area contributed by atoms with E-state index in [0.717, 1.165) is 0 Å². The molecule has 1 saturated heterocycles. The van der Waals surface area contributed by atoms with E-state index in [0.29, 0.717) is 31.5 Å². The zero-order valence-corrected chi connectivity index (χ0v) is 13.7. The number of carbonyl (C=O) groups excluding carboxylic acids is 1. The molecular formula is C16H22N4O3. The number of rotatable bonds is 4. The standard InChI is InChI=1S/C16H22N4O3/c1-11(2)14-17-18-15(23-14)13-10-22-9-8-20(13)16(21)12(3)19-6-4-5-7-19/h4-7,11-13H,8-10H2,1-3H3/t12-,13-/m0/s1. The van der Waals surface area contributed by atoms with Gasteiger partial charge in [0, 0.05) is 24.9 Å².